The van der Waals surface area contributed by atoms with E-state index in [2.05, 4.69) is 32.0 Å². The Balaban J connectivity index is 2.69. The molecule has 1 heteroatoms. The first-order chi connectivity index (χ1) is 5.74. The molecular formula is C11H16O. The highest BCUT2D eigenvalue weighted by atomic mass is 16.5. The maximum absolute atomic E-state index is 5.02. The van der Waals surface area contributed by atoms with Gasteiger partial charge in [-0.25, -0.2) is 0 Å². The van der Waals surface area contributed by atoms with Crippen LogP contribution in [0.2, 0.25) is 0 Å². The minimum absolute atomic E-state index is 0.808. The van der Waals surface area contributed by atoms with Crippen molar-refractivity contribution in [2.75, 3.05) is 13.7 Å². The van der Waals surface area contributed by atoms with E-state index in [1.807, 2.05) is 0 Å². The number of methoxy groups -OCH3 is 1. The fourth-order valence-corrected chi connectivity index (χ4v) is 1.18. The number of rotatable bonds is 3. The Morgan fingerprint density at radius 1 is 1.17 bits per heavy atom. The summed E-state index contributed by atoms with van der Waals surface area (Å²) in [6.45, 7) is 5.09. The second-order valence-corrected chi connectivity index (χ2v) is 3.16. The lowest BCUT2D eigenvalue weighted by Crippen LogP contribution is -1.95. The van der Waals surface area contributed by atoms with Crippen LogP contribution < -0.4 is 0 Å². The van der Waals surface area contributed by atoms with Crippen molar-refractivity contribution >= 4 is 0 Å². The summed E-state index contributed by atoms with van der Waals surface area (Å²) in [7, 11) is 1.74. The third-order valence-corrected chi connectivity index (χ3v) is 2.17. The van der Waals surface area contributed by atoms with Gasteiger partial charge >= 0.3 is 0 Å². The molecule has 0 bridgehead atoms. The van der Waals surface area contributed by atoms with Crippen LogP contribution in [0.15, 0.2) is 18.2 Å². The summed E-state index contributed by atoms with van der Waals surface area (Å²) in [4.78, 5) is 0. The molecule has 0 fully saturated rings. The fourth-order valence-electron chi connectivity index (χ4n) is 1.18. The van der Waals surface area contributed by atoms with Gasteiger partial charge in [-0.15, -0.1) is 0 Å². The molecular weight excluding hydrogens is 148 g/mol. The predicted molar refractivity (Wildman–Crippen MR) is 51.5 cm³/mol. The minimum atomic E-state index is 0.808. The Bertz CT molecular complexity index is 253. The standard InChI is InChI=1S/C11H16O/c1-9-4-5-11(6-7-12-3)8-10(9)2/h4-5,8H,6-7H2,1-3H3. The molecule has 0 aliphatic carbocycles. The summed E-state index contributed by atoms with van der Waals surface area (Å²) >= 11 is 0. The van der Waals surface area contributed by atoms with Gasteiger partial charge in [-0.05, 0) is 37.0 Å². The topological polar surface area (TPSA) is 9.23 Å². The summed E-state index contributed by atoms with van der Waals surface area (Å²) < 4.78 is 5.02. The highest BCUT2D eigenvalue weighted by Crippen LogP contribution is 2.09. The number of hydrogen-bond donors (Lipinski definition) is 0. The second kappa shape index (κ2) is 4.27. The Labute approximate surface area is 74.4 Å². The van der Waals surface area contributed by atoms with E-state index < -0.39 is 0 Å². The molecule has 1 aromatic carbocycles. The number of benzene rings is 1. The largest absolute Gasteiger partial charge is 0.384 e. The van der Waals surface area contributed by atoms with Gasteiger partial charge in [0.15, 0.2) is 0 Å². The summed E-state index contributed by atoms with van der Waals surface area (Å²) in [6.07, 6.45) is 1.01. The van der Waals surface area contributed by atoms with Crippen LogP contribution in [-0.4, -0.2) is 13.7 Å². The van der Waals surface area contributed by atoms with Crippen molar-refractivity contribution in [3.05, 3.63) is 34.9 Å². The molecule has 0 spiro atoms. The summed E-state index contributed by atoms with van der Waals surface area (Å²) in [6, 6.07) is 6.57. The van der Waals surface area contributed by atoms with Crippen LogP contribution in [0.25, 0.3) is 0 Å². The predicted octanol–water partition coefficient (Wildman–Crippen LogP) is 2.49. The zero-order valence-electron chi connectivity index (χ0n) is 8.05. The molecule has 1 nitrogen and oxygen atoms in total. The molecule has 0 amide bonds. The minimum Gasteiger partial charge on any atom is -0.384 e. The van der Waals surface area contributed by atoms with Gasteiger partial charge in [0.05, 0.1) is 6.61 Å². The number of aryl methyl sites for hydroxylation is 2. The monoisotopic (exact) mass is 164 g/mol. The molecule has 0 unspecified atom stereocenters. The van der Waals surface area contributed by atoms with E-state index in [-0.39, 0.29) is 0 Å². The molecule has 0 saturated carbocycles. The highest BCUT2D eigenvalue weighted by molar-refractivity contribution is 5.29. The van der Waals surface area contributed by atoms with Crippen LogP contribution in [0.5, 0.6) is 0 Å². The maximum Gasteiger partial charge on any atom is 0.0502 e. The summed E-state index contributed by atoms with van der Waals surface area (Å²) in [5, 5.41) is 0. The van der Waals surface area contributed by atoms with Crippen molar-refractivity contribution in [3.63, 3.8) is 0 Å². The van der Waals surface area contributed by atoms with E-state index >= 15 is 0 Å². The van der Waals surface area contributed by atoms with Crippen molar-refractivity contribution in [1.29, 1.82) is 0 Å². The molecule has 0 aromatic heterocycles. The molecule has 0 aliphatic heterocycles. The van der Waals surface area contributed by atoms with Crippen LogP contribution in [0.1, 0.15) is 16.7 Å². The number of hydrogen-bond acceptors (Lipinski definition) is 1. The fraction of sp³-hybridized carbons (Fsp3) is 0.455. The van der Waals surface area contributed by atoms with Crippen molar-refractivity contribution < 1.29 is 4.74 Å². The molecule has 66 valence electrons. The van der Waals surface area contributed by atoms with E-state index in [1.54, 1.807) is 7.11 Å². The van der Waals surface area contributed by atoms with E-state index in [9.17, 15) is 0 Å². The maximum atomic E-state index is 5.02. The van der Waals surface area contributed by atoms with Crippen molar-refractivity contribution in [1.82, 2.24) is 0 Å². The first kappa shape index (κ1) is 9.27. The molecule has 0 saturated heterocycles. The lowest BCUT2D eigenvalue weighted by Gasteiger charge is -2.04. The summed E-state index contributed by atoms with van der Waals surface area (Å²) in [5.74, 6) is 0. The molecule has 0 N–H and O–H groups in total. The molecule has 0 heterocycles. The van der Waals surface area contributed by atoms with E-state index in [0.717, 1.165) is 13.0 Å². The Kier molecular flexibility index (Phi) is 3.30. The van der Waals surface area contributed by atoms with Crippen molar-refractivity contribution in [2.24, 2.45) is 0 Å². The Hall–Kier alpha value is -0.820. The smallest absolute Gasteiger partial charge is 0.0502 e. The first-order valence-corrected chi connectivity index (χ1v) is 4.29. The van der Waals surface area contributed by atoms with Crippen LogP contribution in [-0.2, 0) is 11.2 Å². The van der Waals surface area contributed by atoms with Gasteiger partial charge in [-0.1, -0.05) is 18.2 Å². The Morgan fingerprint density at radius 3 is 2.50 bits per heavy atom. The van der Waals surface area contributed by atoms with E-state index in [1.165, 1.54) is 16.7 Å². The van der Waals surface area contributed by atoms with Gasteiger partial charge in [-0.3, -0.25) is 0 Å². The first-order valence-electron chi connectivity index (χ1n) is 4.29. The third kappa shape index (κ3) is 2.35. The van der Waals surface area contributed by atoms with Crippen LogP contribution in [0.4, 0.5) is 0 Å². The van der Waals surface area contributed by atoms with E-state index in [0.29, 0.717) is 0 Å². The van der Waals surface area contributed by atoms with Crippen LogP contribution >= 0.6 is 0 Å². The zero-order valence-corrected chi connectivity index (χ0v) is 8.05. The number of ether oxygens (including phenoxy) is 1. The molecule has 0 radical (unpaired) electrons. The molecule has 0 aliphatic rings. The van der Waals surface area contributed by atoms with Crippen LogP contribution in [0.3, 0.4) is 0 Å². The molecule has 1 rings (SSSR count). The normalized spacial score (nSPS) is 10.2. The van der Waals surface area contributed by atoms with Gasteiger partial charge in [-0.2, -0.15) is 0 Å². The quantitative estimate of drug-likeness (QED) is 0.667. The zero-order chi connectivity index (χ0) is 8.97. The van der Waals surface area contributed by atoms with Crippen molar-refractivity contribution in [3.8, 4) is 0 Å². The van der Waals surface area contributed by atoms with Gasteiger partial charge < -0.3 is 4.74 Å². The highest BCUT2D eigenvalue weighted by Gasteiger charge is 1.95. The average molecular weight is 164 g/mol. The SMILES string of the molecule is COCCc1ccc(C)c(C)c1. The molecule has 0 atom stereocenters. The Morgan fingerprint density at radius 2 is 1.92 bits per heavy atom. The van der Waals surface area contributed by atoms with Gasteiger partial charge in [0.25, 0.3) is 0 Å². The van der Waals surface area contributed by atoms with E-state index in [4.69, 9.17) is 4.74 Å². The molecule has 1 aromatic rings. The van der Waals surface area contributed by atoms with Gasteiger partial charge in [0.1, 0.15) is 0 Å². The summed E-state index contributed by atoms with van der Waals surface area (Å²) in [5.41, 5.74) is 4.08. The van der Waals surface area contributed by atoms with Crippen molar-refractivity contribution in [2.45, 2.75) is 20.3 Å². The lowest BCUT2D eigenvalue weighted by atomic mass is 10.0. The van der Waals surface area contributed by atoms with Crippen LogP contribution in [0, 0.1) is 13.8 Å². The van der Waals surface area contributed by atoms with Gasteiger partial charge in [0.2, 0.25) is 0 Å². The lowest BCUT2D eigenvalue weighted by molar-refractivity contribution is 0.202. The average Bonchev–Trinajstić information content (AvgIpc) is 2.07. The molecule has 12 heavy (non-hydrogen) atoms. The third-order valence-electron chi connectivity index (χ3n) is 2.17. The second-order valence-electron chi connectivity index (χ2n) is 3.16. The van der Waals surface area contributed by atoms with Gasteiger partial charge in [0, 0.05) is 7.11 Å².